The predicted octanol–water partition coefficient (Wildman–Crippen LogP) is 1.50. The molecule has 5 nitrogen and oxygen atoms in total. The number of aryl methyl sites for hydroxylation is 1. The predicted molar refractivity (Wildman–Crippen MR) is 63.3 cm³/mol. The van der Waals surface area contributed by atoms with Crippen LogP contribution in [0.4, 0.5) is 0 Å². The third kappa shape index (κ3) is 2.04. The van der Waals surface area contributed by atoms with Crippen molar-refractivity contribution < 1.29 is 9.90 Å². The second-order valence-electron chi connectivity index (χ2n) is 3.78. The summed E-state index contributed by atoms with van der Waals surface area (Å²) in [4.78, 5) is 26.9. The van der Waals surface area contributed by atoms with Gasteiger partial charge >= 0.3 is 5.97 Å². The lowest BCUT2D eigenvalue weighted by atomic mass is 10.1. The molecule has 5 heteroatoms. The third-order valence-electron chi connectivity index (χ3n) is 2.54. The normalized spacial score (nSPS) is 10.6. The van der Waals surface area contributed by atoms with E-state index in [0.717, 1.165) is 6.42 Å². The minimum Gasteiger partial charge on any atom is -0.478 e. The highest BCUT2D eigenvalue weighted by Gasteiger charge is 2.07. The van der Waals surface area contributed by atoms with Crippen LogP contribution in [0.5, 0.6) is 0 Å². The first-order valence-electron chi connectivity index (χ1n) is 5.36. The molecule has 0 spiro atoms. The lowest BCUT2D eigenvalue weighted by Gasteiger charge is -2.04. The Morgan fingerprint density at radius 2 is 2.24 bits per heavy atom. The van der Waals surface area contributed by atoms with E-state index in [1.54, 1.807) is 0 Å². The maximum Gasteiger partial charge on any atom is 0.335 e. The number of rotatable bonds is 3. The van der Waals surface area contributed by atoms with Crippen molar-refractivity contribution in [2.45, 2.75) is 19.9 Å². The summed E-state index contributed by atoms with van der Waals surface area (Å²) in [6.07, 6.45) is 2.31. The van der Waals surface area contributed by atoms with E-state index in [9.17, 15) is 9.59 Å². The molecule has 0 unspecified atom stereocenters. The maximum atomic E-state index is 12.0. The zero-order valence-corrected chi connectivity index (χ0v) is 9.38. The van der Waals surface area contributed by atoms with Crippen molar-refractivity contribution in [1.29, 1.82) is 0 Å². The van der Waals surface area contributed by atoms with E-state index in [1.165, 1.54) is 29.1 Å². The van der Waals surface area contributed by atoms with Gasteiger partial charge in [0.2, 0.25) is 0 Å². The Hall–Kier alpha value is -2.17. The van der Waals surface area contributed by atoms with Gasteiger partial charge in [0.05, 0.1) is 22.8 Å². The molecule has 0 aliphatic heterocycles. The first kappa shape index (κ1) is 11.3. The number of hydrogen-bond donors (Lipinski definition) is 1. The van der Waals surface area contributed by atoms with E-state index in [-0.39, 0.29) is 11.1 Å². The lowest BCUT2D eigenvalue weighted by Crippen LogP contribution is -2.20. The molecule has 0 fully saturated rings. The first-order chi connectivity index (χ1) is 8.13. The molecular formula is C12H12N2O3. The molecule has 17 heavy (non-hydrogen) atoms. The van der Waals surface area contributed by atoms with Crippen LogP contribution in [-0.2, 0) is 6.54 Å². The molecule has 88 valence electrons. The van der Waals surface area contributed by atoms with E-state index in [0.29, 0.717) is 17.4 Å². The number of hydrogen-bond acceptors (Lipinski definition) is 3. The van der Waals surface area contributed by atoms with Crippen LogP contribution < -0.4 is 5.56 Å². The zero-order valence-electron chi connectivity index (χ0n) is 9.38. The van der Waals surface area contributed by atoms with Crippen LogP contribution >= 0.6 is 0 Å². The molecule has 0 saturated carbocycles. The van der Waals surface area contributed by atoms with Gasteiger partial charge in [-0.15, -0.1) is 0 Å². The summed E-state index contributed by atoms with van der Waals surface area (Å²) in [6, 6.07) is 4.35. The molecule has 1 N–H and O–H groups in total. The number of aromatic nitrogens is 2. The van der Waals surface area contributed by atoms with Gasteiger partial charge < -0.3 is 5.11 Å². The Balaban J connectivity index is 2.64. The van der Waals surface area contributed by atoms with Gasteiger partial charge in [0.25, 0.3) is 5.56 Å². The molecule has 0 amide bonds. The van der Waals surface area contributed by atoms with Crippen molar-refractivity contribution in [3.05, 3.63) is 40.4 Å². The molecule has 1 heterocycles. The second-order valence-corrected chi connectivity index (χ2v) is 3.78. The second kappa shape index (κ2) is 4.37. The highest BCUT2D eigenvalue weighted by Crippen LogP contribution is 2.10. The third-order valence-corrected chi connectivity index (χ3v) is 2.54. The first-order valence-corrected chi connectivity index (χ1v) is 5.36. The average molecular weight is 232 g/mol. The summed E-state index contributed by atoms with van der Waals surface area (Å²) in [6.45, 7) is 2.59. The van der Waals surface area contributed by atoms with Gasteiger partial charge in [0.1, 0.15) is 0 Å². The number of fused-ring (bicyclic) bond motifs is 1. The number of carboxylic acids is 1. The minimum atomic E-state index is -1.02. The molecule has 0 aliphatic carbocycles. The van der Waals surface area contributed by atoms with Crippen molar-refractivity contribution in [3.63, 3.8) is 0 Å². The highest BCUT2D eigenvalue weighted by atomic mass is 16.4. The molecule has 0 bridgehead atoms. The van der Waals surface area contributed by atoms with E-state index < -0.39 is 5.97 Å². The van der Waals surface area contributed by atoms with Crippen LogP contribution in [0.15, 0.2) is 29.3 Å². The number of nitrogens with zero attached hydrogens (tertiary/aromatic N) is 2. The molecule has 0 radical (unpaired) electrons. The molecule has 0 atom stereocenters. The lowest BCUT2D eigenvalue weighted by molar-refractivity contribution is 0.0697. The van der Waals surface area contributed by atoms with Crippen molar-refractivity contribution >= 4 is 16.9 Å². The highest BCUT2D eigenvalue weighted by molar-refractivity contribution is 5.92. The van der Waals surface area contributed by atoms with E-state index in [2.05, 4.69) is 4.98 Å². The Morgan fingerprint density at radius 1 is 1.47 bits per heavy atom. The Morgan fingerprint density at radius 3 is 2.88 bits per heavy atom. The largest absolute Gasteiger partial charge is 0.478 e. The fourth-order valence-corrected chi connectivity index (χ4v) is 1.69. The molecule has 0 saturated heterocycles. The number of carboxylic acid groups (broad SMARTS) is 1. The topological polar surface area (TPSA) is 72.2 Å². The van der Waals surface area contributed by atoms with E-state index >= 15 is 0 Å². The zero-order chi connectivity index (χ0) is 12.4. The minimum absolute atomic E-state index is 0.131. The molecule has 1 aromatic carbocycles. The van der Waals surface area contributed by atoms with Gasteiger partial charge in [0, 0.05) is 6.54 Å². The molecule has 0 aliphatic rings. The summed E-state index contributed by atoms with van der Waals surface area (Å²) in [5.41, 5.74) is 0.425. The summed E-state index contributed by atoms with van der Waals surface area (Å²) in [5.74, 6) is -1.02. The van der Waals surface area contributed by atoms with Crippen molar-refractivity contribution in [2.75, 3.05) is 0 Å². The monoisotopic (exact) mass is 232 g/mol. The smallest absolute Gasteiger partial charge is 0.335 e. The summed E-state index contributed by atoms with van der Waals surface area (Å²) < 4.78 is 1.53. The quantitative estimate of drug-likeness (QED) is 0.870. The van der Waals surface area contributed by atoms with Crippen LogP contribution in [-0.4, -0.2) is 20.6 Å². The summed E-state index contributed by atoms with van der Waals surface area (Å²) in [7, 11) is 0. The Bertz CT molecular complexity index is 631. The van der Waals surface area contributed by atoms with Crippen molar-refractivity contribution in [1.82, 2.24) is 9.55 Å². The average Bonchev–Trinajstić information content (AvgIpc) is 2.32. The van der Waals surface area contributed by atoms with Crippen LogP contribution in [0, 0.1) is 0 Å². The van der Waals surface area contributed by atoms with Gasteiger partial charge in [-0.05, 0) is 24.6 Å². The van der Waals surface area contributed by atoms with Crippen LogP contribution in [0.25, 0.3) is 10.9 Å². The van der Waals surface area contributed by atoms with Gasteiger partial charge in [-0.25, -0.2) is 9.78 Å². The fraction of sp³-hybridized carbons (Fsp3) is 0.250. The fourth-order valence-electron chi connectivity index (χ4n) is 1.69. The number of aromatic carboxylic acids is 1. The Labute approximate surface area is 97.3 Å². The van der Waals surface area contributed by atoms with Crippen LogP contribution in [0.2, 0.25) is 0 Å². The number of carbonyl (C=O) groups is 1. The summed E-state index contributed by atoms with van der Waals surface area (Å²) in [5, 5.41) is 9.29. The van der Waals surface area contributed by atoms with Crippen molar-refractivity contribution in [2.24, 2.45) is 0 Å². The van der Waals surface area contributed by atoms with Crippen LogP contribution in [0.3, 0.4) is 0 Å². The van der Waals surface area contributed by atoms with Crippen LogP contribution in [0.1, 0.15) is 23.7 Å². The SMILES string of the molecule is CCCn1cnc2cc(C(=O)O)ccc2c1=O. The summed E-state index contributed by atoms with van der Waals surface area (Å²) >= 11 is 0. The number of benzene rings is 1. The molecule has 2 rings (SSSR count). The molecule has 2 aromatic rings. The van der Waals surface area contributed by atoms with Gasteiger partial charge in [-0.3, -0.25) is 9.36 Å². The van der Waals surface area contributed by atoms with E-state index in [1.807, 2.05) is 6.92 Å². The van der Waals surface area contributed by atoms with E-state index in [4.69, 9.17) is 5.11 Å². The van der Waals surface area contributed by atoms with Gasteiger partial charge in [0.15, 0.2) is 0 Å². The van der Waals surface area contributed by atoms with Crippen molar-refractivity contribution in [3.8, 4) is 0 Å². The Kier molecular flexibility index (Phi) is 2.91. The van der Waals surface area contributed by atoms with Gasteiger partial charge in [-0.1, -0.05) is 6.92 Å². The maximum absolute atomic E-state index is 12.0. The molecule has 1 aromatic heterocycles. The van der Waals surface area contributed by atoms with Gasteiger partial charge in [-0.2, -0.15) is 0 Å². The molecular weight excluding hydrogens is 220 g/mol. The standard InChI is InChI=1S/C12H12N2O3/c1-2-5-14-7-13-10-6-8(12(16)17)3-4-9(10)11(14)15/h3-4,6-7H,2,5H2,1H3,(H,16,17).